The molecule has 0 spiro atoms. The molecule has 0 fully saturated rings. The third kappa shape index (κ3) is 3.68. The lowest BCUT2D eigenvalue weighted by Crippen LogP contribution is -1.92. The van der Waals surface area contributed by atoms with Crippen LogP contribution in [0.1, 0.15) is 19.4 Å². The predicted octanol–water partition coefficient (Wildman–Crippen LogP) is 5.22. The SMILES string of the molecule is CC.Cc1cccc(-c2cc(S(C)=O)ccc2Cl)c1F. The topological polar surface area (TPSA) is 17.1 Å². The lowest BCUT2D eigenvalue weighted by molar-refractivity contribution is 0.622. The second-order valence-corrected chi connectivity index (χ2v) is 5.82. The summed E-state index contributed by atoms with van der Waals surface area (Å²) in [7, 11) is -1.11. The molecule has 20 heavy (non-hydrogen) atoms. The lowest BCUT2D eigenvalue weighted by atomic mass is 10.0. The molecular formula is C16H18ClFOS. The number of benzene rings is 2. The summed E-state index contributed by atoms with van der Waals surface area (Å²) in [6.45, 7) is 5.70. The van der Waals surface area contributed by atoms with Gasteiger partial charge in [-0.15, -0.1) is 0 Å². The molecule has 0 amide bonds. The van der Waals surface area contributed by atoms with Crippen LogP contribution in [0.15, 0.2) is 41.3 Å². The molecule has 0 aliphatic carbocycles. The van der Waals surface area contributed by atoms with E-state index in [0.717, 1.165) is 0 Å². The molecule has 0 aliphatic rings. The molecular weight excluding hydrogens is 295 g/mol. The van der Waals surface area contributed by atoms with Crippen LogP contribution in [0.2, 0.25) is 5.02 Å². The largest absolute Gasteiger partial charge is 0.255 e. The Balaban J connectivity index is 0.000000956. The van der Waals surface area contributed by atoms with Crippen molar-refractivity contribution in [2.24, 2.45) is 0 Å². The van der Waals surface area contributed by atoms with Gasteiger partial charge in [0, 0.05) is 38.1 Å². The number of hydrogen-bond acceptors (Lipinski definition) is 1. The Morgan fingerprint density at radius 1 is 1.10 bits per heavy atom. The molecule has 0 saturated carbocycles. The zero-order chi connectivity index (χ0) is 15.3. The zero-order valence-electron chi connectivity index (χ0n) is 12.0. The van der Waals surface area contributed by atoms with Crippen molar-refractivity contribution in [3.8, 4) is 11.1 Å². The van der Waals surface area contributed by atoms with E-state index < -0.39 is 10.8 Å². The summed E-state index contributed by atoms with van der Waals surface area (Å²) in [4.78, 5) is 0.635. The van der Waals surface area contributed by atoms with Gasteiger partial charge in [-0.05, 0) is 30.7 Å². The van der Waals surface area contributed by atoms with Gasteiger partial charge in [0.25, 0.3) is 0 Å². The maximum Gasteiger partial charge on any atom is 0.133 e. The summed E-state index contributed by atoms with van der Waals surface area (Å²) >= 11 is 6.09. The molecule has 0 saturated heterocycles. The van der Waals surface area contributed by atoms with Crippen LogP contribution in [0.5, 0.6) is 0 Å². The third-order valence-corrected chi connectivity index (χ3v) is 4.00. The van der Waals surface area contributed by atoms with E-state index in [4.69, 9.17) is 11.6 Å². The van der Waals surface area contributed by atoms with Gasteiger partial charge in [-0.25, -0.2) is 4.39 Å². The molecule has 108 valence electrons. The number of aryl methyl sites for hydroxylation is 1. The maximum absolute atomic E-state index is 14.1. The van der Waals surface area contributed by atoms with Crippen molar-refractivity contribution in [2.45, 2.75) is 25.7 Å². The quantitative estimate of drug-likeness (QED) is 0.743. The van der Waals surface area contributed by atoms with Crippen molar-refractivity contribution in [1.29, 1.82) is 0 Å². The molecule has 0 aromatic heterocycles. The minimum absolute atomic E-state index is 0.293. The van der Waals surface area contributed by atoms with Crippen LogP contribution in [0, 0.1) is 12.7 Å². The van der Waals surface area contributed by atoms with Gasteiger partial charge in [0.2, 0.25) is 0 Å². The fraction of sp³-hybridized carbons (Fsp3) is 0.250. The molecule has 0 bridgehead atoms. The molecule has 0 aliphatic heterocycles. The van der Waals surface area contributed by atoms with Crippen molar-refractivity contribution in [3.05, 3.63) is 52.8 Å². The summed E-state index contributed by atoms with van der Waals surface area (Å²) in [5.41, 5.74) is 1.57. The van der Waals surface area contributed by atoms with Crippen LogP contribution >= 0.6 is 11.6 Å². The average molecular weight is 313 g/mol. The number of halogens is 2. The van der Waals surface area contributed by atoms with Crippen molar-refractivity contribution < 1.29 is 8.60 Å². The van der Waals surface area contributed by atoms with Gasteiger partial charge in [-0.1, -0.05) is 43.6 Å². The molecule has 2 aromatic rings. The molecule has 0 radical (unpaired) electrons. The van der Waals surface area contributed by atoms with Gasteiger partial charge in [-0.2, -0.15) is 0 Å². The Morgan fingerprint density at radius 3 is 2.35 bits per heavy atom. The van der Waals surface area contributed by atoms with Crippen LogP contribution < -0.4 is 0 Å². The molecule has 1 atom stereocenters. The fourth-order valence-corrected chi connectivity index (χ4v) is 2.51. The highest BCUT2D eigenvalue weighted by molar-refractivity contribution is 7.84. The second-order valence-electron chi connectivity index (χ2n) is 4.03. The lowest BCUT2D eigenvalue weighted by Gasteiger charge is -2.09. The third-order valence-electron chi connectivity index (χ3n) is 2.75. The molecule has 2 aromatic carbocycles. The standard InChI is InChI=1S/C14H12ClFOS.C2H6/c1-9-4-3-5-11(14(9)16)12-8-10(18(2)17)6-7-13(12)15;1-2/h3-8H,1-2H3;1-2H3. The predicted molar refractivity (Wildman–Crippen MR) is 85.3 cm³/mol. The maximum atomic E-state index is 14.1. The van der Waals surface area contributed by atoms with E-state index in [1.165, 1.54) is 0 Å². The van der Waals surface area contributed by atoms with E-state index in [9.17, 15) is 8.60 Å². The van der Waals surface area contributed by atoms with Crippen LogP contribution in [-0.4, -0.2) is 10.5 Å². The van der Waals surface area contributed by atoms with E-state index >= 15 is 0 Å². The Hall–Kier alpha value is -1.19. The first-order valence-electron chi connectivity index (χ1n) is 6.39. The Morgan fingerprint density at radius 2 is 1.75 bits per heavy atom. The molecule has 0 heterocycles. The molecule has 1 unspecified atom stereocenters. The number of hydrogen-bond donors (Lipinski definition) is 0. The van der Waals surface area contributed by atoms with Crippen molar-refractivity contribution >= 4 is 22.4 Å². The van der Waals surface area contributed by atoms with Crippen LogP contribution in [-0.2, 0) is 10.8 Å². The van der Waals surface area contributed by atoms with Gasteiger partial charge in [-0.3, -0.25) is 4.21 Å². The van der Waals surface area contributed by atoms with Crippen molar-refractivity contribution in [1.82, 2.24) is 0 Å². The van der Waals surface area contributed by atoms with Gasteiger partial charge in [0.05, 0.1) is 0 Å². The second kappa shape index (κ2) is 7.55. The summed E-state index contributed by atoms with van der Waals surface area (Å²) in [6.07, 6.45) is 1.58. The first kappa shape index (κ1) is 16.9. The fourth-order valence-electron chi connectivity index (χ4n) is 1.75. The van der Waals surface area contributed by atoms with E-state index in [1.54, 1.807) is 49.6 Å². The highest BCUT2D eigenvalue weighted by Crippen LogP contribution is 2.32. The van der Waals surface area contributed by atoms with Crippen LogP contribution in [0.4, 0.5) is 4.39 Å². The summed E-state index contributed by atoms with van der Waals surface area (Å²) in [5.74, 6) is -0.293. The van der Waals surface area contributed by atoms with Gasteiger partial charge in [0.1, 0.15) is 5.82 Å². The van der Waals surface area contributed by atoms with Gasteiger partial charge in [0.15, 0.2) is 0 Å². The first-order chi connectivity index (χ1) is 9.50. The molecule has 4 heteroatoms. The smallest absolute Gasteiger partial charge is 0.133 e. The summed E-state index contributed by atoms with van der Waals surface area (Å²) in [6, 6.07) is 10.2. The zero-order valence-corrected chi connectivity index (χ0v) is 13.6. The molecule has 2 rings (SSSR count). The van der Waals surface area contributed by atoms with Crippen LogP contribution in [0.3, 0.4) is 0 Å². The Kier molecular flexibility index (Phi) is 6.37. The van der Waals surface area contributed by atoms with Gasteiger partial charge >= 0.3 is 0 Å². The van der Waals surface area contributed by atoms with E-state index in [2.05, 4.69) is 0 Å². The van der Waals surface area contributed by atoms with Crippen molar-refractivity contribution in [2.75, 3.05) is 6.26 Å². The average Bonchev–Trinajstić information content (AvgIpc) is 2.45. The molecule has 0 N–H and O–H groups in total. The Labute approximate surface area is 127 Å². The minimum Gasteiger partial charge on any atom is -0.255 e. The summed E-state index contributed by atoms with van der Waals surface area (Å²) < 4.78 is 25.5. The molecule has 1 nitrogen and oxygen atoms in total. The van der Waals surface area contributed by atoms with Crippen molar-refractivity contribution in [3.63, 3.8) is 0 Å². The van der Waals surface area contributed by atoms with E-state index in [1.807, 2.05) is 13.8 Å². The normalized spacial score (nSPS) is 11.5. The number of rotatable bonds is 2. The highest BCUT2D eigenvalue weighted by Gasteiger charge is 2.12. The van der Waals surface area contributed by atoms with Crippen LogP contribution in [0.25, 0.3) is 11.1 Å². The Bertz CT molecular complexity index is 626. The van der Waals surface area contributed by atoms with Gasteiger partial charge < -0.3 is 0 Å². The monoisotopic (exact) mass is 312 g/mol. The van der Waals surface area contributed by atoms with E-state index in [0.29, 0.717) is 26.6 Å². The summed E-state index contributed by atoms with van der Waals surface area (Å²) in [5, 5.41) is 0.453. The minimum atomic E-state index is -1.11. The highest BCUT2D eigenvalue weighted by atomic mass is 35.5. The van der Waals surface area contributed by atoms with E-state index in [-0.39, 0.29) is 5.82 Å². The first-order valence-corrected chi connectivity index (χ1v) is 8.33.